The van der Waals surface area contributed by atoms with Crippen LogP contribution in [0.1, 0.15) is 43.6 Å². The minimum atomic E-state index is -1.26. The van der Waals surface area contributed by atoms with E-state index in [9.17, 15) is 19.2 Å². The Hall–Kier alpha value is -3.23. The number of carbonyl (C=O) groups excluding carboxylic acids is 3. The number of nitrogens with one attached hydrogen (secondary N) is 1. The van der Waals surface area contributed by atoms with Crippen molar-refractivity contribution in [1.82, 2.24) is 15.1 Å². The van der Waals surface area contributed by atoms with Crippen molar-refractivity contribution in [2.45, 2.75) is 45.8 Å². The van der Waals surface area contributed by atoms with Gasteiger partial charge in [-0.25, -0.2) is 14.3 Å². The van der Waals surface area contributed by atoms with Gasteiger partial charge < -0.3 is 10.5 Å². The number of rotatable bonds is 7. The van der Waals surface area contributed by atoms with Crippen molar-refractivity contribution in [1.29, 1.82) is 0 Å². The van der Waals surface area contributed by atoms with Gasteiger partial charge in [0, 0.05) is 11.9 Å². The number of benzene rings is 1. The second kappa shape index (κ2) is 8.93. The Bertz CT molecular complexity index is 922. The lowest BCUT2D eigenvalue weighted by atomic mass is 10.1. The van der Waals surface area contributed by atoms with Crippen LogP contribution in [0.2, 0.25) is 0 Å². The van der Waals surface area contributed by atoms with Crippen LogP contribution in [0.5, 0.6) is 0 Å². The quantitative estimate of drug-likeness (QED) is 0.555. The number of primary amides is 1. The molecule has 0 aliphatic heterocycles. The SMILES string of the molecule is CCCCCn1nc(C(=O)OC(C)C(=O)NC(N)=O)c2ccccc2c1=O. The predicted molar refractivity (Wildman–Crippen MR) is 98.1 cm³/mol. The number of nitrogens with zero attached hydrogens (tertiary/aromatic N) is 2. The first-order chi connectivity index (χ1) is 12.8. The Balaban J connectivity index is 2.36. The van der Waals surface area contributed by atoms with Gasteiger partial charge in [-0.2, -0.15) is 5.10 Å². The van der Waals surface area contributed by atoms with Crippen LogP contribution in [-0.4, -0.2) is 33.8 Å². The summed E-state index contributed by atoms with van der Waals surface area (Å²) in [5.41, 5.74) is 4.52. The maximum atomic E-state index is 12.6. The van der Waals surface area contributed by atoms with Gasteiger partial charge in [0.05, 0.1) is 5.39 Å². The molecular formula is C18H22N4O5. The number of amides is 3. The molecule has 9 nitrogen and oxygen atoms in total. The van der Waals surface area contributed by atoms with Crippen molar-refractivity contribution in [3.63, 3.8) is 0 Å². The van der Waals surface area contributed by atoms with Gasteiger partial charge in [0.2, 0.25) is 0 Å². The summed E-state index contributed by atoms with van der Waals surface area (Å²) in [7, 11) is 0. The number of carbonyl (C=O) groups is 3. The monoisotopic (exact) mass is 374 g/mol. The molecule has 1 aromatic carbocycles. The molecule has 0 fully saturated rings. The van der Waals surface area contributed by atoms with Gasteiger partial charge in [-0.05, 0) is 19.4 Å². The molecule has 0 aliphatic rings. The minimum absolute atomic E-state index is 0.0691. The summed E-state index contributed by atoms with van der Waals surface area (Å²) in [6, 6.07) is 5.51. The van der Waals surface area contributed by atoms with E-state index in [0.29, 0.717) is 17.3 Å². The largest absolute Gasteiger partial charge is 0.448 e. The molecule has 0 radical (unpaired) electrons. The minimum Gasteiger partial charge on any atom is -0.448 e. The zero-order valence-corrected chi connectivity index (χ0v) is 15.2. The highest BCUT2D eigenvalue weighted by Gasteiger charge is 2.23. The van der Waals surface area contributed by atoms with Gasteiger partial charge in [0.1, 0.15) is 0 Å². The van der Waals surface area contributed by atoms with E-state index in [1.807, 2.05) is 12.2 Å². The Morgan fingerprint density at radius 3 is 2.52 bits per heavy atom. The number of imide groups is 1. The van der Waals surface area contributed by atoms with Gasteiger partial charge in [-0.1, -0.05) is 38.0 Å². The Morgan fingerprint density at radius 1 is 1.22 bits per heavy atom. The van der Waals surface area contributed by atoms with Crippen LogP contribution in [0.4, 0.5) is 4.79 Å². The molecule has 2 aromatic rings. The fraction of sp³-hybridized carbons (Fsp3) is 0.389. The summed E-state index contributed by atoms with van der Waals surface area (Å²) >= 11 is 0. The third-order valence-electron chi connectivity index (χ3n) is 3.93. The Labute approximate surface area is 155 Å². The van der Waals surface area contributed by atoms with Crippen molar-refractivity contribution < 1.29 is 19.1 Å². The molecule has 0 aliphatic carbocycles. The van der Waals surface area contributed by atoms with E-state index in [-0.39, 0.29) is 11.3 Å². The van der Waals surface area contributed by atoms with Crippen LogP contribution in [0.25, 0.3) is 10.8 Å². The number of aryl methyl sites for hydroxylation is 1. The smallest absolute Gasteiger partial charge is 0.360 e. The number of unbranched alkanes of at least 4 members (excludes halogenated alkanes) is 2. The van der Waals surface area contributed by atoms with E-state index < -0.39 is 24.0 Å². The maximum Gasteiger partial charge on any atom is 0.360 e. The first-order valence-electron chi connectivity index (χ1n) is 8.66. The van der Waals surface area contributed by atoms with E-state index in [2.05, 4.69) is 5.10 Å². The summed E-state index contributed by atoms with van der Waals surface area (Å²) in [6.45, 7) is 3.71. The first-order valence-corrected chi connectivity index (χ1v) is 8.66. The maximum absolute atomic E-state index is 12.6. The summed E-state index contributed by atoms with van der Waals surface area (Å²) in [4.78, 5) is 47.6. The molecule has 0 saturated carbocycles. The molecule has 1 unspecified atom stereocenters. The number of aromatic nitrogens is 2. The molecule has 27 heavy (non-hydrogen) atoms. The number of hydrogen-bond acceptors (Lipinski definition) is 6. The van der Waals surface area contributed by atoms with Crippen LogP contribution in [-0.2, 0) is 16.1 Å². The molecule has 3 N–H and O–H groups in total. The fourth-order valence-electron chi connectivity index (χ4n) is 2.54. The highest BCUT2D eigenvalue weighted by atomic mass is 16.5. The van der Waals surface area contributed by atoms with Crippen molar-refractivity contribution >= 4 is 28.7 Å². The van der Waals surface area contributed by atoms with Crippen molar-refractivity contribution in [3.05, 3.63) is 40.3 Å². The highest BCUT2D eigenvalue weighted by Crippen LogP contribution is 2.15. The van der Waals surface area contributed by atoms with Gasteiger partial charge in [0.15, 0.2) is 11.8 Å². The predicted octanol–water partition coefficient (Wildman–Crippen LogP) is 1.33. The van der Waals surface area contributed by atoms with Gasteiger partial charge in [0.25, 0.3) is 11.5 Å². The second-order valence-electron chi connectivity index (χ2n) is 6.03. The molecule has 0 bridgehead atoms. The Kier molecular flexibility index (Phi) is 6.64. The zero-order valence-electron chi connectivity index (χ0n) is 15.2. The summed E-state index contributed by atoms with van der Waals surface area (Å²) < 4.78 is 6.33. The lowest BCUT2D eigenvalue weighted by Gasteiger charge is -2.14. The molecule has 0 saturated heterocycles. The summed E-state index contributed by atoms with van der Waals surface area (Å²) in [5.74, 6) is -1.72. The summed E-state index contributed by atoms with van der Waals surface area (Å²) in [6.07, 6.45) is 1.38. The third kappa shape index (κ3) is 4.90. The van der Waals surface area contributed by atoms with E-state index >= 15 is 0 Å². The normalized spacial score (nSPS) is 11.8. The fourth-order valence-corrected chi connectivity index (χ4v) is 2.54. The van der Waals surface area contributed by atoms with E-state index in [0.717, 1.165) is 19.3 Å². The van der Waals surface area contributed by atoms with Crippen molar-refractivity contribution in [2.75, 3.05) is 0 Å². The molecule has 1 aromatic heterocycles. The number of fused-ring (bicyclic) bond motifs is 1. The molecule has 2 rings (SSSR count). The van der Waals surface area contributed by atoms with E-state index in [4.69, 9.17) is 10.5 Å². The van der Waals surface area contributed by atoms with Crippen LogP contribution in [0, 0.1) is 0 Å². The average molecular weight is 374 g/mol. The number of nitrogens with two attached hydrogens (primary N) is 1. The van der Waals surface area contributed by atoms with Crippen LogP contribution >= 0.6 is 0 Å². The van der Waals surface area contributed by atoms with E-state index in [1.165, 1.54) is 11.6 Å². The summed E-state index contributed by atoms with van der Waals surface area (Å²) in [5, 5.41) is 6.66. The number of ether oxygens (including phenoxy) is 1. The van der Waals surface area contributed by atoms with Crippen molar-refractivity contribution in [3.8, 4) is 0 Å². The number of esters is 1. The molecule has 0 spiro atoms. The molecule has 9 heteroatoms. The number of urea groups is 1. The lowest BCUT2D eigenvalue weighted by molar-refractivity contribution is -0.127. The lowest BCUT2D eigenvalue weighted by Crippen LogP contribution is -2.42. The molecule has 144 valence electrons. The standard InChI is InChI=1S/C18H22N4O5/c1-3-4-7-10-22-16(24)13-9-6-5-8-12(13)14(21-22)17(25)27-11(2)15(23)20-18(19)26/h5-6,8-9,11H,3-4,7,10H2,1-2H3,(H3,19,20,23,26). The van der Waals surface area contributed by atoms with Crippen LogP contribution < -0.4 is 16.6 Å². The van der Waals surface area contributed by atoms with Gasteiger partial charge in [-0.3, -0.25) is 14.9 Å². The Morgan fingerprint density at radius 2 is 1.89 bits per heavy atom. The molecule has 1 atom stereocenters. The van der Waals surface area contributed by atoms with Crippen LogP contribution in [0.3, 0.4) is 0 Å². The van der Waals surface area contributed by atoms with Crippen molar-refractivity contribution in [2.24, 2.45) is 5.73 Å². The van der Waals surface area contributed by atoms with Gasteiger partial charge in [-0.15, -0.1) is 0 Å². The first kappa shape index (κ1) is 20.1. The molecule has 1 heterocycles. The molecular weight excluding hydrogens is 352 g/mol. The van der Waals surface area contributed by atoms with Crippen LogP contribution in [0.15, 0.2) is 29.1 Å². The second-order valence-corrected chi connectivity index (χ2v) is 6.03. The molecule has 3 amide bonds. The number of hydrogen-bond donors (Lipinski definition) is 2. The van der Waals surface area contributed by atoms with Gasteiger partial charge >= 0.3 is 12.0 Å². The van der Waals surface area contributed by atoms with E-state index in [1.54, 1.807) is 24.3 Å². The average Bonchev–Trinajstić information content (AvgIpc) is 2.63. The topological polar surface area (TPSA) is 133 Å². The third-order valence-corrected chi connectivity index (χ3v) is 3.93. The highest BCUT2D eigenvalue weighted by molar-refractivity contribution is 6.03. The zero-order chi connectivity index (χ0) is 20.0.